The second-order valence-corrected chi connectivity index (χ2v) is 11.0. The Morgan fingerprint density at radius 1 is 1.20 bits per heavy atom. The van der Waals surface area contributed by atoms with Crippen LogP contribution in [0.15, 0.2) is 11.6 Å². The van der Waals surface area contributed by atoms with E-state index in [0.29, 0.717) is 29.0 Å². The highest BCUT2D eigenvalue weighted by Gasteiger charge is 2.72. The number of carbonyl (C=O) groups excluding carboxylic acids is 1. The Kier molecular flexibility index (Phi) is 3.31. The third kappa shape index (κ3) is 2.16. The van der Waals surface area contributed by atoms with E-state index in [1.165, 1.54) is 24.8 Å². The zero-order valence-electron chi connectivity index (χ0n) is 16.3. The van der Waals surface area contributed by atoms with Gasteiger partial charge < -0.3 is 5.11 Å². The van der Waals surface area contributed by atoms with Crippen LogP contribution in [0.1, 0.15) is 66.2 Å². The first kappa shape index (κ1) is 16.5. The van der Waals surface area contributed by atoms with Crippen LogP contribution in [0.4, 0.5) is 0 Å². The minimum Gasteiger partial charge on any atom is -0.390 e. The molecule has 0 unspecified atom stereocenters. The van der Waals surface area contributed by atoms with Gasteiger partial charge in [-0.2, -0.15) is 0 Å². The SMILES string of the molecule is C[C@@H]1CC2=CC(=O)CC[C@@H]2[C@H]2CC[C@@]3(C)[C@H]([C@H]4C[C@H]4[C@H]3C(C)(C)O)[C@@H]21. The fraction of sp³-hybridized carbons (Fsp3) is 0.870. The third-order valence-corrected chi connectivity index (χ3v) is 9.19. The first-order valence-electron chi connectivity index (χ1n) is 10.7. The Balaban J connectivity index is 1.52. The quantitative estimate of drug-likeness (QED) is 0.755. The Morgan fingerprint density at radius 2 is 1.96 bits per heavy atom. The number of carbonyl (C=O) groups is 1. The number of hydrogen-bond donors (Lipinski definition) is 1. The summed E-state index contributed by atoms with van der Waals surface area (Å²) in [6, 6.07) is 0. The maximum atomic E-state index is 11.9. The number of fused-ring (bicyclic) bond motifs is 7. The number of ketones is 1. The predicted molar refractivity (Wildman–Crippen MR) is 98.8 cm³/mol. The molecule has 1 N–H and O–H groups in total. The number of allylic oxidation sites excluding steroid dienone is 1. The summed E-state index contributed by atoms with van der Waals surface area (Å²) in [4.78, 5) is 11.9. The molecule has 0 radical (unpaired) electrons. The molecular weight excluding hydrogens is 308 g/mol. The molecule has 5 aliphatic rings. The summed E-state index contributed by atoms with van der Waals surface area (Å²) in [6.45, 7) is 9.09. The normalized spacial score (nSPS) is 54.1. The number of hydrogen-bond acceptors (Lipinski definition) is 2. The van der Waals surface area contributed by atoms with Crippen molar-refractivity contribution in [3.05, 3.63) is 11.6 Å². The van der Waals surface area contributed by atoms with Gasteiger partial charge in [0.25, 0.3) is 0 Å². The molecule has 0 saturated heterocycles. The van der Waals surface area contributed by atoms with Crippen molar-refractivity contribution in [1.29, 1.82) is 0 Å². The fourth-order valence-corrected chi connectivity index (χ4v) is 8.85. The van der Waals surface area contributed by atoms with E-state index in [9.17, 15) is 9.90 Å². The van der Waals surface area contributed by atoms with Crippen molar-refractivity contribution in [1.82, 2.24) is 0 Å². The Bertz CT molecular complexity index is 641. The largest absolute Gasteiger partial charge is 0.390 e. The lowest BCUT2D eigenvalue weighted by Crippen LogP contribution is -2.53. The molecule has 0 amide bonds. The van der Waals surface area contributed by atoms with Crippen molar-refractivity contribution >= 4 is 5.78 Å². The van der Waals surface area contributed by atoms with Gasteiger partial charge in [0.15, 0.2) is 5.78 Å². The van der Waals surface area contributed by atoms with E-state index in [1.54, 1.807) is 0 Å². The minimum atomic E-state index is -0.546. The van der Waals surface area contributed by atoms with Gasteiger partial charge in [-0.1, -0.05) is 19.4 Å². The summed E-state index contributed by atoms with van der Waals surface area (Å²) in [5.74, 6) is 6.28. The van der Waals surface area contributed by atoms with Crippen LogP contribution in [0.25, 0.3) is 0 Å². The van der Waals surface area contributed by atoms with E-state index in [-0.39, 0.29) is 0 Å². The first-order valence-corrected chi connectivity index (χ1v) is 10.7. The second-order valence-electron chi connectivity index (χ2n) is 11.0. The Morgan fingerprint density at radius 3 is 2.68 bits per heavy atom. The molecular formula is C23H34O2. The molecule has 138 valence electrons. The molecule has 0 aromatic carbocycles. The molecule has 0 heterocycles. The summed E-state index contributed by atoms with van der Waals surface area (Å²) in [6.07, 6.45) is 8.99. The molecule has 25 heavy (non-hydrogen) atoms. The average molecular weight is 343 g/mol. The number of aliphatic hydroxyl groups is 1. The Hall–Kier alpha value is -0.630. The van der Waals surface area contributed by atoms with Crippen molar-refractivity contribution in [2.45, 2.75) is 71.8 Å². The van der Waals surface area contributed by atoms with Crippen molar-refractivity contribution in [3.8, 4) is 0 Å². The van der Waals surface area contributed by atoms with E-state index in [2.05, 4.69) is 27.7 Å². The molecule has 0 aromatic heterocycles. The second kappa shape index (κ2) is 5.00. The highest BCUT2D eigenvalue weighted by atomic mass is 16.3. The maximum Gasteiger partial charge on any atom is 0.155 e. The zero-order valence-corrected chi connectivity index (χ0v) is 16.3. The van der Waals surface area contributed by atoms with Gasteiger partial charge in [-0.15, -0.1) is 0 Å². The third-order valence-electron chi connectivity index (χ3n) is 9.19. The van der Waals surface area contributed by atoms with Gasteiger partial charge >= 0.3 is 0 Å². The molecule has 5 aliphatic carbocycles. The molecule has 2 heteroatoms. The molecule has 0 aromatic rings. The van der Waals surface area contributed by atoms with E-state index < -0.39 is 5.60 Å². The first-order chi connectivity index (χ1) is 11.7. The van der Waals surface area contributed by atoms with Crippen LogP contribution < -0.4 is 0 Å². The smallest absolute Gasteiger partial charge is 0.155 e. The highest BCUT2D eigenvalue weighted by Crippen LogP contribution is 2.76. The van der Waals surface area contributed by atoms with E-state index in [4.69, 9.17) is 0 Å². The molecule has 4 fully saturated rings. The van der Waals surface area contributed by atoms with Gasteiger partial charge in [0.05, 0.1) is 5.60 Å². The van der Waals surface area contributed by atoms with Crippen molar-refractivity contribution in [2.75, 3.05) is 0 Å². The highest BCUT2D eigenvalue weighted by molar-refractivity contribution is 5.91. The fourth-order valence-electron chi connectivity index (χ4n) is 8.85. The van der Waals surface area contributed by atoms with Gasteiger partial charge in [-0.05, 0) is 105 Å². The van der Waals surface area contributed by atoms with Gasteiger partial charge in [-0.25, -0.2) is 0 Å². The molecule has 2 nitrogen and oxygen atoms in total. The summed E-state index contributed by atoms with van der Waals surface area (Å²) < 4.78 is 0. The lowest BCUT2D eigenvalue weighted by atomic mass is 9.47. The van der Waals surface area contributed by atoms with E-state index >= 15 is 0 Å². The van der Waals surface area contributed by atoms with Crippen LogP contribution in [-0.2, 0) is 4.79 Å². The van der Waals surface area contributed by atoms with Gasteiger partial charge in [0.1, 0.15) is 0 Å². The molecule has 0 aliphatic heterocycles. The van der Waals surface area contributed by atoms with Crippen molar-refractivity contribution < 1.29 is 9.90 Å². The summed E-state index contributed by atoms with van der Waals surface area (Å²) in [5.41, 5.74) is 1.26. The van der Waals surface area contributed by atoms with Crippen LogP contribution in [-0.4, -0.2) is 16.5 Å². The predicted octanol–water partition coefficient (Wildman–Crippen LogP) is 4.62. The summed E-state index contributed by atoms with van der Waals surface area (Å²) in [5, 5.41) is 11.0. The monoisotopic (exact) mass is 342 g/mol. The minimum absolute atomic E-state index is 0.326. The van der Waals surface area contributed by atoms with Crippen LogP contribution in [0.2, 0.25) is 0 Å². The van der Waals surface area contributed by atoms with Gasteiger partial charge in [0, 0.05) is 6.42 Å². The van der Waals surface area contributed by atoms with Crippen LogP contribution in [0.5, 0.6) is 0 Å². The molecule has 5 rings (SSSR count). The van der Waals surface area contributed by atoms with Crippen LogP contribution in [0, 0.1) is 52.8 Å². The van der Waals surface area contributed by atoms with Crippen LogP contribution >= 0.6 is 0 Å². The van der Waals surface area contributed by atoms with E-state index in [1.807, 2.05) is 6.08 Å². The number of rotatable bonds is 1. The standard InChI is InChI=1S/C23H34O2/c1-12-9-13-10-14(24)5-6-15(13)16-7-8-23(4)20(19(12)16)17-11-18(17)21(23)22(2,3)25/h10,12,15-21,25H,5-9,11H2,1-4H3/t12-,15+,16-,17+,18-,19-,20-,21+,23+/m1/s1. The molecule has 0 spiro atoms. The lowest BCUT2D eigenvalue weighted by Gasteiger charge is -2.58. The van der Waals surface area contributed by atoms with Crippen LogP contribution in [0.3, 0.4) is 0 Å². The van der Waals surface area contributed by atoms with Gasteiger partial charge in [-0.3, -0.25) is 4.79 Å². The Labute approximate surface area is 152 Å². The zero-order chi connectivity index (χ0) is 17.7. The summed E-state index contributed by atoms with van der Waals surface area (Å²) >= 11 is 0. The molecule has 0 bridgehead atoms. The van der Waals surface area contributed by atoms with Crippen molar-refractivity contribution in [3.63, 3.8) is 0 Å². The molecule has 4 saturated carbocycles. The van der Waals surface area contributed by atoms with E-state index in [0.717, 1.165) is 48.9 Å². The molecule has 9 atom stereocenters. The van der Waals surface area contributed by atoms with Gasteiger partial charge in [0.2, 0.25) is 0 Å². The topological polar surface area (TPSA) is 37.3 Å². The summed E-state index contributed by atoms with van der Waals surface area (Å²) in [7, 11) is 0. The maximum absolute atomic E-state index is 11.9. The lowest BCUT2D eigenvalue weighted by molar-refractivity contribution is -0.120. The average Bonchev–Trinajstić information content (AvgIpc) is 3.19. The van der Waals surface area contributed by atoms with Crippen molar-refractivity contribution in [2.24, 2.45) is 52.8 Å².